The van der Waals surface area contributed by atoms with Crippen LogP contribution in [-0.2, 0) is 12.8 Å². The number of para-hydroxylation sites is 2. The van der Waals surface area contributed by atoms with Crippen LogP contribution in [0.4, 0.5) is 0 Å². The Balaban J connectivity index is 1.22. The molecule has 33 heavy (non-hydrogen) atoms. The number of imide groups is 1. The number of benzene rings is 3. The first-order chi connectivity index (χ1) is 16.1. The van der Waals surface area contributed by atoms with Crippen LogP contribution in [0.2, 0.25) is 0 Å². The van der Waals surface area contributed by atoms with Gasteiger partial charge in [0, 0.05) is 25.1 Å². The molecule has 0 bridgehead atoms. The van der Waals surface area contributed by atoms with Gasteiger partial charge < -0.3 is 10.3 Å². The quantitative estimate of drug-likeness (QED) is 0.433. The number of nitrogens with one attached hydrogen (secondary N) is 2. The number of nitrogens with zero attached hydrogens (tertiary/aromatic N) is 2. The Morgan fingerprint density at radius 1 is 0.879 bits per heavy atom. The second-order valence-electron chi connectivity index (χ2n) is 7.96. The molecule has 1 aliphatic rings. The molecule has 7 nitrogen and oxygen atoms in total. The Labute approximate surface area is 190 Å². The first-order valence-electron chi connectivity index (χ1n) is 10.9. The lowest BCUT2D eigenvalue weighted by Crippen LogP contribution is -2.31. The number of hydrogen-bond donors (Lipinski definition) is 2. The Morgan fingerprint density at radius 3 is 2.45 bits per heavy atom. The van der Waals surface area contributed by atoms with E-state index >= 15 is 0 Å². The SMILES string of the molecule is O=C(NCCc1nc2ccccc2[nH]1)c1ccc2c(c1)C(=O)N(CCc1ccccc1)C2=O. The molecule has 7 heteroatoms. The lowest BCUT2D eigenvalue weighted by Gasteiger charge is -2.13. The Bertz CT molecular complexity index is 1330. The highest BCUT2D eigenvalue weighted by atomic mass is 16.2. The molecular weight excluding hydrogens is 416 g/mol. The van der Waals surface area contributed by atoms with Crippen LogP contribution in [0.5, 0.6) is 0 Å². The van der Waals surface area contributed by atoms with Crippen LogP contribution in [0.1, 0.15) is 42.5 Å². The zero-order chi connectivity index (χ0) is 22.8. The second-order valence-corrected chi connectivity index (χ2v) is 7.96. The van der Waals surface area contributed by atoms with Crippen molar-refractivity contribution < 1.29 is 14.4 Å². The third-order valence-electron chi connectivity index (χ3n) is 5.79. The highest BCUT2D eigenvalue weighted by Gasteiger charge is 2.35. The molecule has 4 aromatic rings. The van der Waals surface area contributed by atoms with Crippen molar-refractivity contribution in [1.29, 1.82) is 0 Å². The summed E-state index contributed by atoms with van der Waals surface area (Å²) in [6, 6.07) is 22.1. The summed E-state index contributed by atoms with van der Waals surface area (Å²) in [5.41, 5.74) is 3.86. The number of hydrogen-bond acceptors (Lipinski definition) is 4. The first-order valence-corrected chi connectivity index (χ1v) is 10.9. The minimum Gasteiger partial charge on any atom is -0.352 e. The smallest absolute Gasteiger partial charge is 0.261 e. The molecule has 0 saturated heterocycles. The van der Waals surface area contributed by atoms with Crippen molar-refractivity contribution in [2.75, 3.05) is 13.1 Å². The summed E-state index contributed by atoms with van der Waals surface area (Å²) in [7, 11) is 0. The third kappa shape index (κ3) is 4.13. The van der Waals surface area contributed by atoms with Gasteiger partial charge >= 0.3 is 0 Å². The largest absolute Gasteiger partial charge is 0.352 e. The second kappa shape index (κ2) is 8.70. The Hall–Kier alpha value is -4.26. The summed E-state index contributed by atoms with van der Waals surface area (Å²) in [6.45, 7) is 0.696. The van der Waals surface area contributed by atoms with E-state index in [2.05, 4.69) is 15.3 Å². The van der Waals surface area contributed by atoms with Crippen molar-refractivity contribution in [3.05, 3.63) is 101 Å². The van der Waals surface area contributed by atoms with Gasteiger partial charge in [-0.15, -0.1) is 0 Å². The molecule has 1 aliphatic heterocycles. The van der Waals surface area contributed by atoms with Gasteiger partial charge in [-0.1, -0.05) is 42.5 Å². The molecule has 3 aromatic carbocycles. The van der Waals surface area contributed by atoms with Gasteiger partial charge in [-0.05, 0) is 42.3 Å². The van der Waals surface area contributed by atoms with Crippen molar-refractivity contribution in [3.63, 3.8) is 0 Å². The highest BCUT2D eigenvalue weighted by Crippen LogP contribution is 2.24. The normalized spacial score (nSPS) is 12.9. The average Bonchev–Trinajstić information content (AvgIpc) is 3.36. The standard InChI is InChI=1S/C26H22N4O3/c31-24(27-14-12-23-28-21-8-4-5-9-22(21)29-23)18-10-11-19-20(16-18)26(33)30(25(19)32)15-13-17-6-2-1-3-7-17/h1-11,16H,12-15H2,(H,27,31)(H,28,29). The summed E-state index contributed by atoms with van der Waals surface area (Å²) in [4.78, 5) is 47.2. The number of imidazole rings is 1. The molecule has 0 unspecified atom stereocenters. The molecule has 0 saturated carbocycles. The summed E-state index contributed by atoms with van der Waals surface area (Å²) in [6.07, 6.45) is 1.14. The van der Waals surface area contributed by atoms with Crippen molar-refractivity contribution in [2.45, 2.75) is 12.8 Å². The molecule has 0 aliphatic carbocycles. The van der Waals surface area contributed by atoms with E-state index in [-0.39, 0.29) is 23.3 Å². The van der Waals surface area contributed by atoms with E-state index in [0.29, 0.717) is 37.1 Å². The number of rotatable bonds is 7. The number of carbonyl (C=O) groups excluding carboxylic acids is 3. The van der Waals surface area contributed by atoms with Crippen LogP contribution < -0.4 is 5.32 Å². The number of carbonyl (C=O) groups is 3. The summed E-state index contributed by atoms with van der Waals surface area (Å²) in [5, 5.41) is 2.86. The molecule has 3 amide bonds. The molecule has 5 rings (SSSR count). The summed E-state index contributed by atoms with van der Waals surface area (Å²) < 4.78 is 0. The molecule has 0 spiro atoms. The van der Waals surface area contributed by atoms with Crippen molar-refractivity contribution >= 4 is 28.8 Å². The Kier molecular flexibility index (Phi) is 5.44. The van der Waals surface area contributed by atoms with E-state index in [9.17, 15) is 14.4 Å². The van der Waals surface area contributed by atoms with Gasteiger partial charge in [0.15, 0.2) is 0 Å². The maximum Gasteiger partial charge on any atom is 0.261 e. The van der Waals surface area contributed by atoms with Gasteiger partial charge in [-0.3, -0.25) is 19.3 Å². The Morgan fingerprint density at radius 2 is 1.64 bits per heavy atom. The minimum atomic E-state index is -0.358. The van der Waals surface area contributed by atoms with Crippen molar-refractivity contribution in [1.82, 2.24) is 20.2 Å². The molecule has 0 atom stereocenters. The van der Waals surface area contributed by atoms with Crippen LogP contribution in [0, 0.1) is 0 Å². The molecule has 2 heterocycles. The van der Waals surface area contributed by atoms with E-state index in [4.69, 9.17) is 0 Å². The lowest BCUT2D eigenvalue weighted by molar-refractivity contribution is 0.0656. The minimum absolute atomic E-state index is 0.276. The highest BCUT2D eigenvalue weighted by molar-refractivity contribution is 6.22. The van der Waals surface area contributed by atoms with E-state index in [1.807, 2.05) is 54.6 Å². The number of fused-ring (bicyclic) bond motifs is 2. The van der Waals surface area contributed by atoms with Gasteiger partial charge in [-0.25, -0.2) is 4.98 Å². The van der Waals surface area contributed by atoms with Crippen LogP contribution in [0.25, 0.3) is 11.0 Å². The molecular formula is C26H22N4O3. The monoisotopic (exact) mass is 438 g/mol. The zero-order valence-electron chi connectivity index (χ0n) is 17.9. The summed E-state index contributed by atoms with van der Waals surface area (Å²) >= 11 is 0. The van der Waals surface area contributed by atoms with Crippen LogP contribution in [0.15, 0.2) is 72.8 Å². The van der Waals surface area contributed by atoms with Crippen molar-refractivity contribution in [3.8, 4) is 0 Å². The van der Waals surface area contributed by atoms with E-state index in [0.717, 1.165) is 22.4 Å². The predicted octanol–water partition coefficient (Wildman–Crippen LogP) is 3.37. The van der Waals surface area contributed by atoms with E-state index < -0.39 is 0 Å². The van der Waals surface area contributed by atoms with E-state index in [1.54, 1.807) is 12.1 Å². The average molecular weight is 438 g/mol. The van der Waals surface area contributed by atoms with Gasteiger partial charge in [0.25, 0.3) is 17.7 Å². The molecule has 2 N–H and O–H groups in total. The van der Waals surface area contributed by atoms with Gasteiger partial charge in [-0.2, -0.15) is 0 Å². The van der Waals surface area contributed by atoms with Gasteiger partial charge in [0.1, 0.15) is 5.82 Å². The van der Waals surface area contributed by atoms with Gasteiger partial charge in [0.2, 0.25) is 0 Å². The fourth-order valence-electron chi connectivity index (χ4n) is 4.04. The lowest BCUT2D eigenvalue weighted by atomic mass is 10.1. The topological polar surface area (TPSA) is 95.2 Å². The molecule has 0 radical (unpaired) electrons. The van der Waals surface area contributed by atoms with Gasteiger partial charge in [0.05, 0.1) is 22.2 Å². The fraction of sp³-hybridized carbons (Fsp3) is 0.154. The molecule has 164 valence electrons. The number of aromatic nitrogens is 2. The number of aromatic amines is 1. The predicted molar refractivity (Wildman–Crippen MR) is 124 cm³/mol. The maximum absolute atomic E-state index is 12.8. The van der Waals surface area contributed by atoms with Crippen LogP contribution in [-0.4, -0.2) is 45.7 Å². The molecule has 1 aromatic heterocycles. The van der Waals surface area contributed by atoms with Crippen molar-refractivity contribution in [2.24, 2.45) is 0 Å². The number of H-pyrrole nitrogens is 1. The summed E-state index contributed by atoms with van der Waals surface area (Å²) in [5.74, 6) is -0.178. The first kappa shape index (κ1) is 20.6. The fourth-order valence-corrected chi connectivity index (χ4v) is 4.04. The van der Waals surface area contributed by atoms with Crippen LogP contribution >= 0.6 is 0 Å². The third-order valence-corrected chi connectivity index (χ3v) is 5.79. The zero-order valence-corrected chi connectivity index (χ0v) is 17.9. The van der Waals surface area contributed by atoms with Crippen LogP contribution in [0.3, 0.4) is 0 Å². The number of amides is 3. The van der Waals surface area contributed by atoms with E-state index in [1.165, 1.54) is 11.0 Å². The maximum atomic E-state index is 12.8. The molecule has 0 fully saturated rings.